The number of ether oxygens (including phenoxy) is 5. The third-order valence-corrected chi connectivity index (χ3v) is 17.7. The lowest BCUT2D eigenvalue weighted by atomic mass is 9.48. The molecule has 13 nitrogen and oxygen atoms in total. The fourth-order valence-electron chi connectivity index (χ4n) is 15.1. The van der Waals surface area contributed by atoms with Crippen LogP contribution in [-0.2, 0) is 49.9 Å². The van der Waals surface area contributed by atoms with E-state index in [2.05, 4.69) is 74.9 Å². The Labute approximate surface area is 392 Å². The second kappa shape index (κ2) is 15.4. The number of likely N-dealkylation sites (tertiary alicyclic amines) is 1. The summed E-state index contributed by atoms with van der Waals surface area (Å²) in [6, 6.07) is 15.9. The molecule has 5 fully saturated rings. The van der Waals surface area contributed by atoms with Gasteiger partial charge in [0.1, 0.15) is 5.41 Å². The van der Waals surface area contributed by atoms with Crippen LogP contribution in [0.1, 0.15) is 75.3 Å². The van der Waals surface area contributed by atoms with Gasteiger partial charge in [-0.05, 0) is 98.5 Å². The number of aromatic amines is 1. The van der Waals surface area contributed by atoms with E-state index in [-0.39, 0.29) is 17.9 Å². The SMILES string of the molecule is CC[C@]1(O)C[C@H]2CN(CCc3c([nH]c4ccc(C#Cc5ccccc5)cc34)[C@@](C(=O)OC)(C3C=C4C(=CC3OC)N(C)[C@@]35O[C@]3(C(=O)OC)[C@H](OC(C)=O)[C@]3(CC)C=CCN6CC[C@]45[C@@H]63)C2)C1. The molecular formula is C54H62N4O9. The number of fused-ring (bicyclic) bond motifs is 6. The molecule has 12 atom stereocenters. The summed E-state index contributed by atoms with van der Waals surface area (Å²) in [5, 5.41) is 13.2. The lowest BCUT2D eigenvalue weighted by molar-refractivity contribution is -0.182. The first-order chi connectivity index (χ1) is 32.3. The fraction of sp³-hybridized carbons (Fsp3) is 0.537. The quantitative estimate of drug-likeness (QED) is 0.103. The zero-order chi connectivity index (χ0) is 46.9. The number of esters is 3. The van der Waals surface area contributed by atoms with Crippen molar-refractivity contribution in [1.29, 1.82) is 0 Å². The van der Waals surface area contributed by atoms with E-state index in [1.165, 1.54) is 21.1 Å². The van der Waals surface area contributed by atoms with Crippen LogP contribution < -0.4 is 0 Å². The maximum atomic E-state index is 15.7. The van der Waals surface area contributed by atoms with Gasteiger partial charge in [0.15, 0.2) is 11.8 Å². The number of hydrogen-bond acceptors (Lipinski definition) is 12. The van der Waals surface area contributed by atoms with Gasteiger partial charge in [-0.3, -0.25) is 19.4 Å². The van der Waals surface area contributed by atoms with Crippen LogP contribution in [0.4, 0.5) is 0 Å². The van der Waals surface area contributed by atoms with Gasteiger partial charge in [-0.15, -0.1) is 0 Å². The van der Waals surface area contributed by atoms with Crippen molar-refractivity contribution in [2.24, 2.45) is 22.7 Å². The van der Waals surface area contributed by atoms with E-state index in [4.69, 9.17) is 23.7 Å². The third kappa shape index (κ3) is 5.71. The highest BCUT2D eigenvalue weighted by Crippen LogP contribution is 2.82. The summed E-state index contributed by atoms with van der Waals surface area (Å²) >= 11 is 0. The number of benzene rings is 2. The minimum Gasteiger partial charge on any atom is -0.468 e. The lowest BCUT2D eigenvalue weighted by Crippen LogP contribution is -2.73. The van der Waals surface area contributed by atoms with Gasteiger partial charge in [0.2, 0.25) is 0 Å². The maximum absolute atomic E-state index is 15.7. The molecule has 2 N–H and O–H groups in total. The Balaban J connectivity index is 1.16. The average molecular weight is 911 g/mol. The zero-order valence-electron chi connectivity index (χ0n) is 39.6. The molecule has 2 spiro atoms. The number of epoxide rings is 1. The molecule has 8 aliphatic rings. The normalized spacial score (nSPS) is 38.8. The van der Waals surface area contributed by atoms with E-state index in [1.807, 2.05) is 50.4 Å². The smallest absolute Gasteiger partial charge is 0.347 e. The minimum absolute atomic E-state index is 0.0874. The molecule has 2 aliphatic carbocycles. The fourth-order valence-corrected chi connectivity index (χ4v) is 15.1. The Bertz CT molecular complexity index is 2740. The van der Waals surface area contributed by atoms with Crippen LogP contribution >= 0.6 is 0 Å². The Hall–Kier alpha value is -5.23. The van der Waals surface area contributed by atoms with E-state index >= 15 is 4.79 Å². The summed E-state index contributed by atoms with van der Waals surface area (Å²) in [5.41, 5.74) is -0.597. The second-order valence-electron chi connectivity index (χ2n) is 20.5. The number of H-pyrrole nitrogens is 1. The van der Waals surface area contributed by atoms with Crippen LogP contribution in [0.15, 0.2) is 84.1 Å². The molecule has 0 amide bonds. The molecule has 4 saturated heterocycles. The third-order valence-electron chi connectivity index (χ3n) is 17.7. The van der Waals surface area contributed by atoms with E-state index in [1.54, 1.807) is 7.11 Å². The Morgan fingerprint density at radius 2 is 1.73 bits per heavy atom. The monoisotopic (exact) mass is 910 g/mol. The molecule has 3 aromatic rings. The van der Waals surface area contributed by atoms with Crippen molar-refractivity contribution < 1.29 is 43.2 Å². The van der Waals surface area contributed by atoms with Crippen LogP contribution in [0, 0.1) is 34.5 Å². The number of piperidine rings is 1. The predicted molar refractivity (Wildman–Crippen MR) is 249 cm³/mol. The number of rotatable bonds is 7. The summed E-state index contributed by atoms with van der Waals surface area (Å²) in [5.74, 6) is 4.53. The summed E-state index contributed by atoms with van der Waals surface area (Å²) < 4.78 is 31.9. The minimum atomic E-state index is -1.66. The van der Waals surface area contributed by atoms with Gasteiger partial charge in [0.05, 0.1) is 31.3 Å². The van der Waals surface area contributed by atoms with Crippen molar-refractivity contribution in [3.63, 3.8) is 0 Å². The van der Waals surface area contributed by atoms with Gasteiger partial charge in [0, 0.05) is 98.1 Å². The molecule has 7 heterocycles. The molecule has 352 valence electrons. The summed E-state index contributed by atoms with van der Waals surface area (Å²) in [6.07, 6.45) is 10.4. The summed E-state index contributed by atoms with van der Waals surface area (Å²) in [7, 11) is 6.48. The first-order valence-electron chi connectivity index (χ1n) is 24.1. The highest BCUT2D eigenvalue weighted by molar-refractivity contribution is 5.93. The maximum Gasteiger partial charge on any atom is 0.347 e. The first-order valence-corrected chi connectivity index (χ1v) is 24.1. The van der Waals surface area contributed by atoms with Gasteiger partial charge in [-0.2, -0.15) is 0 Å². The van der Waals surface area contributed by atoms with E-state index < -0.39 is 63.2 Å². The molecule has 67 heavy (non-hydrogen) atoms. The van der Waals surface area contributed by atoms with Gasteiger partial charge in [0.25, 0.3) is 5.60 Å². The van der Waals surface area contributed by atoms with E-state index in [0.717, 1.165) is 44.6 Å². The molecular weight excluding hydrogens is 849 g/mol. The van der Waals surface area contributed by atoms with Gasteiger partial charge >= 0.3 is 17.9 Å². The van der Waals surface area contributed by atoms with Gasteiger partial charge < -0.3 is 38.7 Å². The predicted octanol–water partition coefficient (Wildman–Crippen LogP) is 5.40. The molecule has 3 unspecified atom stereocenters. The number of nitrogens with one attached hydrogen (secondary N) is 1. The topological polar surface area (TPSA) is 146 Å². The van der Waals surface area contributed by atoms with Crippen LogP contribution in [0.25, 0.3) is 10.9 Å². The zero-order valence-corrected chi connectivity index (χ0v) is 39.6. The second-order valence-corrected chi connectivity index (χ2v) is 20.5. The van der Waals surface area contributed by atoms with Crippen molar-refractivity contribution >= 4 is 28.8 Å². The lowest BCUT2D eigenvalue weighted by Gasteiger charge is -2.58. The largest absolute Gasteiger partial charge is 0.468 e. The van der Waals surface area contributed by atoms with Crippen molar-refractivity contribution in [3.8, 4) is 11.8 Å². The highest BCUT2D eigenvalue weighted by atomic mass is 16.7. The Kier molecular flexibility index (Phi) is 10.2. The molecule has 11 rings (SSSR count). The van der Waals surface area contributed by atoms with E-state index in [9.17, 15) is 14.7 Å². The Morgan fingerprint density at radius 1 is 0.955 bits per heavy atom. The number of allylic oxidation sites excluding steroid dienone is 1. The van der Waals surface area contributed by atoms with E-state index in [0.29, 0.717) is 71.2 Å². The van der Waals surface area contributed by atoms with Crippen molar-refractivity contribution in [2.45, 2.75) is 99.9 Å². The summed E-state index contributed by atoms with van der Waals surface area (Å²) in [4.78, 5) is 54.4. The van der Waals surface area contributed by atoms with Crippen LogP contribution in [0.2, 0.25) is 0 Å². The molecule has 2 bridgehead atoms. The standard InChI is InChI=1S/C54H62N4O9/c1-8-49(62)29-36-30-51(47(60)64-6,44-37(20-24-57(31-36)32-49)38-26-35(18-19-41(38)55-44)17-16-34-14-11-10-12-15-34)40-27-39-42(28-43(40)63-5)56(4)54-52(39)22-25-58-23-13-21-50(9-2,45(52)58)46(66-33(3)59)53(54,67-54)48(61)65-7/h10-15,18-19,21,26-28,36,40,43,45-46,55,62H,8-9,20,22-25,29-32H2,1-7H3/t36-,40?,43?,45+,46-,49+,50-,51+,52-,53+,54+/m1/s1. The molecule has 13 heteroatoms. The molecule has 1 aromatic heterocycles. The number of aliphatic hydroxyl groups is 1. The van der Waals surface area contributed by atoms with Crippen molar-refractivity contribution in [2.75, 3.05) is 61.1 Å². The van der Waals surface area contributed by atoms with Crippen LogP contribution in [0.5, 0.6) is 0 Å². The number of aromatic nitrogens is 1. The highest BCUT2D eigenvalue weighted by Gasteiger charge is 2.99. The molecule has 6 aliphatic heterocycles. The molecule has 2 aromatic carbocycles. The summed E-state index contributed by atoms with van der Waals surface area (Å²) in [6.45, 7) is 8.86. The van der Waals surface area contributed by atoms with Gasteiger partial charge in [-0.1, -0.05) is 62.1 Å². The number of nitrogens with zero attached hydrogens (tertiary/aromatic N) is 3. The van der Waals surface area contributed by atoms with Crippen molar-refractivity contribution in [1.82, 2.24) is 19.7 Å². The number of methoxy groups -OCH3 is 3. The van der Waals surface area contributed by atoms with Crippen molar-refractivity contribution in [3.05, 3.63) is 106 Å². The number of likely N-dealkylation sites (N-methyl/N-ethyl adjacent to an activating group) is 1. The number of carbonyl (C=O) groups excluding carboxylic acids is 3. The van der Waals surface area contributed by atoms with Gasteiger partial charge in [-0.25, -0.2) is 4.79 Å². The number of hydrogen-bond donors (Lipinski definition) is 2. The average Bonchev–Trinajstić information content (AvgIpc) is 3.58. The van der Waals surface area contributed by atoms with Crippen LogP contribution in [0.3, 0.4) is 0 Å². The molecule has 0 radical (unpaired) electrons. The number of carbonyl (C=O) groups is 3. The Morgan fingerprint density at radius 3 is 2.45 bits per heavy atom. The van der Waals surface area contributed by atoms with Crippen LogP contribution in [-0.4, -0.2) is 139 Å². The first kappa shape index (κ1) is 44.3. The molecule has 1 saturated carbocycles.